The van der Waals surface area contributed by atoms with Gasteiger partial charge in [-0.3, -0.25) is 0 Å². The zero-order chi connectivity index (χ0) is 9.23. The average molecular weight is 170 g/mol. The maximum Gasteiger partial charge on any atom is 0.0638 e. The predicted octanol–water partition coefficient (Wildman–Crippen LogP) is 1.30. The molecule has 1 atom stereocenters. The summed E-state index contributed by atoms with van der Waals surface area (Å²) in [5.41, 5.74) is 0. The molecule has 0 saturated heterocycles. The van der Waals surface area contributed by atoms with E-state index in [0.717, 1.165) is 26.0 Å². The predicted molar refractivity (Wildman–Crippen MR) is 48.8 cm³/mol. The lowest BCUT2D eigenvalue weighted by Gasteiger charge is -2.12. The van der Waals surface area contributed by atoms with E-state index < -0.39 is 0 Å². The molecule has 70 valence electrons. The highest BCUT2D eigenvalue weighted by atomic mass is 16.5. The number of nitrogens with one attached hydrogen (secondary N) is 1. The summed E-state index contributed by atoms with van der Waals surface area (Å²) < 4.78 is 4.91. The Labute approximate surface area is 74.7 Å². The second-order valence-corrected chi connectivity index (χ2v) is 2.77. The third kappa shape index (κ3) is 6.14. The van der Waals surface area contributed by atoms with Gasteiger partial charge in [-0.15, -0.1) is 0 Å². The van der Waals surface area contributed by atoms with E-state index in [4.69, 9.17) is 10.00 Å². The molecule has 0 saturated carbocycles. The van der Waals surface area contributed by atoms with Crippen LogP contribution >= 0.6 is 0 Å². The van der Waals surface area contributed by atoms with Crippen molar-refractivity contribution in [3.63, 3.8) is 0 Å². The average Bonchev–Trinajstić information content (AvgIpc) is 2.10. The van der Waals surface area contributed by atoms with Crippen LogP contribution in [0.1, 0.15) is 26.2 Å². The number of ether oxygens (including phenoxy) is 1. The number of nitrogens with zero attached hydrogens (tertiary/aromatic N) is 1. The largest absolute Gasteiger partial charge is 0.385 e. The van der Waals surface area contributed by atoms with E-state index in [1.165, 1.54) is 0 Å². The van der Waals surface area contributed by atoms with E-state index in [1.807, 2.05) is 0 Å². The first-order chi connectivity index (χ1) is 5.85. The number of methoxy groups -OCH3 is 1. The van der Waals surface area contributed by atoms with Gasteiger partial charge >= 0.3 is 0 Å². The zero-order valence-electron chi connectivity index (χ0n) is 7.97. The molecule has 1 N–H and O–H groups in total. The van der Waals surface area contributed by atoms with Crippen LogP contribution in [0.5, 0.6) is 0 Å². The van der Waals surface area contributed by atoms with E-state index in [0.29, 0.717) is 12.5 Å². The molecule has 0 fully saturated rings. The van der Waals surface area contributed by atoms with Gasteiger partial charge in [-0.25, -0.2) is 0 Å². The fourth-order valence-corrected chi connectivity index (χ4v) is 0.994. The molecule has 0 bridgehead atoms. The van der Waals surface area contributed by atoms with Crippen molar-refractivity contribution < 1.29 is 4.74 Å². The van der Waals surface area contributed by atoms with Crippen molar-refractivity contribution in [2.24, 2.45) is 0 Å². The van der Waals surface area contributed by atoms with Crippen molar-refractivity contribution in [2.75, 3.05) is 20.3 Å². The third-order valence-corrected chi connectivity index (χ3v) is 1.79. The minimum Gasteiger partial charge on any atom is -0.385 e. The summed E-state index contributed by atoms with van der Waals surface area (Å²) >= 11 is 0. The zero-order valence-corrected chi connectivity index (χ0v) is 7.97. The first-order valence-corrected chi connectivity index (χ1v) is 4.44. The van der Waals surface area contributed by atoms with Crippen LogP contribution < -0.4 is 5.32 Å². The number of nitriles is 1. The molecule has 0 amide bonds. The number of rotatable bonds is 7. The lowest BCUT2D eigenvalue weighted by molar-refractivity contribution is 0.193. The molecule has 0 radical (unpaired) electrons. The van der Waals surface area contributed by atoms with Gasteiger partial charge in [0.1, 0.15) is 0 Å². The monoisotopic (exact) mass is 170 g/mol. The topological polar surface area (TPSA) is 45.0 Å². The Morgan fingerprint density at radius 3 is 2.83 bits per heavy atom. The van der Waals surface area contributed by atoms with E-state index in [2.05, 4.69) is 18.3 Å². The summed E-state index contributed by atoms with van der Waals surface area (Å²) in [7, 11) is 1.70. The van der Waals surface area contributed by atoms with Gasteiger partial charge in [-0.05, 0) is 19.4 Å². The van der Waals surface area contributed by atoms with Crippen molar-refractivity contribution in [1.82, 2.24) is 5.32 Å². The summed E-state index contributed by atoms with van der Waals surface area (Å²) in [4.78, 5) is 0. The van der Waals surface area contributed by atoms with Gasteiger partial charge < -0.3 is 10.1 Å². The van der Waals surface area contributed by atoms with Crippen LogP contribution in [-0.2, 0) is 4.74 Å². The number of hydrogen-bond donors (Lipinski definition) is 1. The summed E-state index contributed by atoms with van der Waals surface area (Å²) in [5.74, 6) is 0. The SMILES string of the molecule is CCC(CC#N)NCCCOC. The lowest BCUT2D eigenvalue weighted by Crippen LogP contribution is -2.29. The maximum absolute atomic E-state index is 8.46. The highest BCUT2D eigenvalue weighted by molar-refractivity contribution is 4.79. The van der Waals surface area contributed by atoms with Crippen LogP contribution in [0.3, 0.4) is 0 Å². The molecule has 3 heteroatoms. The molecule has 0 aromatic carbocycles. The Hall–Kier alpha value is -0.590. The molecule has 0 aliphatic carbocycles. The normalized spacial score (nSPS) is 12.4. The lowest BCUT2D eigenvalue weighted by atomic mass is 10.1. The first kappa shape index (κ1) is 11.4. The van der Waals surface area contributed by atoms with Crippen molar-refractivity contribution in [3.8, 4) is 6.07 Å². The van der Waals surface area contributed by atoms with Crippen LogP contribution in [0.15, 0.2) is 0 Å². The van der Waals surface area contributed by atoms with Crippen LogP contribution in [0.2, 0.25) is 0 Å². The molecule has 0 aliphatic heterocycles. The van der Waals surface area contributed by atoms with Crippen molar-refractivity contribution >= 4 is 0 Å². The molecule has 0 aliphatic rings. The van der Waals surface area contributed by atoms with Crippen LogP contribution in [0, 0.1) is 11.3 Å². The molecular weight excluding hydrogens is 152 g/mol. The summed E-state index contributed by atoms with van der Waals surface area (Å²) in [6.07, 6.45) is 2.63. The first-order valence-electron chi connectivity index (χ1n) is 4.44. The third-order valence-electron chi connectivity index (χ3n) is 1.79. The van der Waals surface area contributed by atoms with Gasteiger partial charge in [0.25, 0.3) is 0 Å². The van der Waals surface area contributed by atoms with E-state index in [1.54, 1.807) is 7.11 Å². The van der Waals surface area contributed by atoms with Crippen LogP contribution in [0.25, 0.3) is 0 Å². The fraction of sp³-hybridized carbons (Fsp3) is 0.889. The molecule has 3 nitrogen and oxygen atoms in total. The molecule has 0 aromatic heterocycles. The van der Waals surface area contributed by atoms with E-state index in [9.17, 15) is 0 Å². The quantitative estimate of drug-likeness (QED) is 0.586. The molecule has 0 aromatic rings. The van der Waals surface area contributed by atoms with Gasteiger partial charge in [0, 0.05) is 19.8 Å². The van der Waals surface area contributed by atoms with Gasteiger partial charge in [-0.2, -0.15) is 5.26 Å². The number of hydrogen-bond acceptors (Lipinski definition) is 3. The molecule has 0 heterocycles. The van der Waals surface area contributed by atoms with Crippen LogP contribution in [-0.4, -0.2) is 26.3 Å². The van der Waals surface area contributed by atoms with E-state index in [-0.39, 0.29) is 0 Å². The molecule has 12 heavy (non-hydrogen) atoms. The van der Waals surface area contributed by atoms with Gasteiger partial charge in [-0.1, -0.05) is 6.92 Å². The fourth-order valence-electron chi connectivity index (χ4n) is 0.994. The second-order valence-electron chi connectivity index (χ2n) is 2.77. The molecule has 1 unspecified atom stereocenters. The smallest absolute Gasteiger partial charge is 0.0638 e. The molecule has 0 rings (SSSR count). The standard InChI is InChI=1S/C9H18N2O/c1-3-9(5-6-10)11-7-4-8-12-2/h9,11H,3-5,7-8H2,1-2H3. The molecular formula is C9H18N2O. The highest BCUT2D eigenvalue weighted by Gasteiger charge is 2.02. The highest BCUT2D eigenvalue weighted by Crippen LogP contribution is 1.95. The van der Waals surface area contributed by atoms with Crippen molar-refractivity contribution in [1.29, 1.82) is 5.26 Å². The van der Waals surface area contributed by atoms with Gasteiger partial charge in [0.2, 0.25) is 0 Å². The Kier molecular flexibility index (Phi) is 8.09. The summed E-state index contributed by atoms with van der Waals surface area (Å²) in [6.45, 7) is 3.81. The van der Waals surface area contributed by atoms with E-state index >= 15 is 0 Å². The van der Waals surface area contributed by atoms with Gasteiger partial charge in [0.15, 0.2) is 0 Å². The Morgan fingerprint density at radius 1 is 1.58 bits per heavy atom. The summed E-state index contributed by atoms with van der Waals surface area (Å²) in [6, 6.07) is 2.52. The minimum absolute atomic E-state index is 0.354. The Bertz CT molecular complexity index is 131. The Morgan fingerprint density at radius 2 is 2.33 bits per heavy atom. The molecule has 0 spiro atoms. The van der Waals surface area contributed by atoms with Gasteiger partial charge in [0.05, 0.1) is 12.5 Å². The minimum atomic E-state index is 0.354. The van der Waals surface area contributed by atoms with Crippen molar-refractivity contribution in [2.45, 2.75) is 32.2 Å². The Balaban J connectivity index is 3.26. The van der Waals surface area contributed by atoms with Crippen LogP contribution in [0.4, 0.5) is 0 Å². The second kappa shape index (κ2) is 8.51. The summed E-state index contributed by atoms with van der Waals surface area (Å²) in [5, 5.41) is 11.8. The maximum atomic E-state index is 8.46. The van der Waals surface area contributed by atoms with Crippen molar-refractivity contribution in [3.05, 3.63) is 0 Å².